The van der Waals surface area contributed by atoms with Crippen LogP contribution in [0, 0.1) is 5.92 Å². The predicted molar refractivity (Wildman–Crippen MR) is 63.9 cm³/mol. The highest BCUT2D eigenvalue weighted by Crippen LogP contribution is 2.14. The van der Waals surface area contributed by atoms with Crippen molar-refractivity contribution in [3.05, 3.63) is 23.9 Å². The van der Waals surface area contributed by atoms with Gasteiger partial charge in [-0.15, -0.1) is 0 Å². The van der Waals surface area contributed by atoms with Crippen molar-refractivity contribution in [2.75, 3.05) is 7.11 Å². The first kappa shape index (κ1) is 13.4. The summed E-state index contributed by atoms with van der Waals surface area (Å²) >= 11 is 0. The van der Waals surface area contributed by atoms with Crippen LogP contribution in [-0.2, 0) is 11.3 Å². The highest BCUT2D eigenvalue weighted by molar-refractivity contribution is 5.73. The second kappa shape index (κ2) is 6.20. The largest absolute Gasteiger partial charge is 0.481 e. The summed E-state index contributed by atoms with van der Waals surface area (Å²) in [6.07, 6.45) is 1.64. The van der Waals surface area contributed by atoms with Gasteiger partial charge in [0.25, 0.3) is 0 Å². The zero-order valence-electron chi connectivity index (χ0n) is 10.3. The summed E-state index contributed by atoms with van der Waals surface area (Å²) in [5.74, 6) is -0.300. The smallest absolute Gasteiger partial charge is 0.320 e. The first-order valence-electron chi connectivity index (χ1n) is 5.50. The molecule has 2 N–H and O–H groups in total. The minimum absolute atomic E-state index is 0.0233. The lowest BCUT2D eigenvalue weighted by molar-refractivity contribution is -0.140. The second-order valence-corrected chi connectivity index (χ2v) is 4.11. The number of nitrogens with one attached hydrogen (secondary N) is 1. The van der Waals surface area contributed by atoms with Gasteiger partial charge in [0.2, 0.25) is 5.88 Å². The fraction of sp³-hybridized carbons (Fsp3) is 0.500. The van der Waals surface area contributed by atoms with E-state index in [0.29, 0.717) is 12.4 Å². The lowest BCUT2D eigenvalue weighted by Crippen LogP contribution is -2.40. The van der Waals surface area contributed by atoms with Gasteiger partial charge in [0, 0.05) is 18.3 Å². The van der Waals surface area contributed by atoms with Gasteiger partial charge in [0.1, 0.15) is 6.04 Å². The third kappa shape index (κ3) is 3.71. The third-order valence-electron chi connectivity index (χ3n) is 2.49. The minimum Gasteiger partial charge on any atom is -0.481 e. The molecule has 1 heterocycles. The normalized spacial score (nSPS) is 12.5. The summed E-state index contributed by atoms with van der Waals surface area (Å²) < 4.78 is 5.10. The van der Waals surface area contributed by atoms with E-state index in [0.717, 1.165) is 5.56 Å². The maximum absolute atomic E-state index is 11.0. The van der Waals surface area contributed by atoms with Crippen LogP contribution in [0.1, 0.15) is 19.4 Å². The van der Waals surface area contributed by atoms with Crippen LogP contribution in [0.2, 0.25) is 0 Å². The van der Waals surface area contributed by atoms with Crippen LogP contribution < -0.4 is 10.1 Å². The van der Waals surface area contributed by atoms with Crippen molar-refractivity contribution in [3.8, 4) is 5.88 Å². The number of methoxy groups -OCH3 is 1. The molecule has 5 nitrogen and oxygen atoms in total. The van der Waals surface area contributed by atoms with Crippen molar-refractivity contribution in [2.24, 2.45) is 5.92 Å². The summed E-state index contributed by atoms with van der Waals surface area (Å²) in [4.78, 5) is 15.1. The molecule has 0 aliphatic heterocycles. The molecule has 0 bridgehead atoms. The molecule has 0 spiro atoms. The van der Waals surface area contributed by atoms with Gasteiger partial charge in [0.05, 0.1) is 7.11 Å². The number of carbonyl (C=O) groups is 1. The highest BCUT2D eigenvalue weighted by atomic mass is 16.5. The summed E-state index contributed by atoms with van der Waals surface area (Å²) in [5, 5.41) is 12.0. The van der Waals surface area contributed by atoms with E-state index in [4.69, 9.17) is 9.84 Å². The van der Waals surface area contributed by atoms with Crippen LogP contribution in [-0.4, -0.2) is 29.2 Å². The van der Waals surface area contributed by atoms with Crippen LogP contribution in [0.4, 0.5) is 0 Å². The minimum atomic E-state index is -0.845. The second-order valence-electron chi connectivity index (χ2n) is 4.11. The molecule has 0 aromatic carbocycles. The number of hydrogen-bond donors (Lipinski definition) is 2. The van der Waals surface area contributed by atoms with Crippen LogP contribution >= 0.6 is 0 Å². The molecule has 17 heavy (non-hydrogen) atoms. The summed E-state index contributed by atoms with van der Waals surface area (Å²) in [6, 6.07) is 3.09. The number of pyridine rings is 1. The van der Waals surface area contributed by atoms with E-state index in [-0.39, 0.29) is 5.92 Å². The van der Waals surface area contributed by atoms with Gasteiger partial charge in [-0.25, -0.2) is 4.98 Å². The van der Waals surface area contributed by atoms with Gasteiger partial charge in [0.15, 0.2) is 0 Å². The van der Waals surface area contributed by atoms with Gasteiger partial charge in [-0.2, -0.15) is 0 Å². The Bertz CT molecular complexity index is 380. The molecule has 0 saturated heterocycles. The Kier molecular flexibility index (Phi) is 4.90. The SMILES string of the molecule is COc1ncccc1CNC(C(=O)O)C(C)C. The molecule has 0 fully saturated rings. The Morgan fingerprint density at radius 1 is 1.59 bits per heavy atom. The van der Waals surface area contributed by atoms with Crippen molar-refractivity contribution >= 4 is 5.97 Å². The molecule has 0 saturated carbocycles. The molecule has 5 heteroatoms. The van der Waals surface area contributed by atoms with Crippen molar-refractivity contribution in [2.45, 2.75) is 26.4 Å². The molecule has 1 rings (SSSR count). The van der Waals surface area contributed by atoms with Gasteiger partial charge in [-0.3, -0.25) is 10.1 Å². The number of carboxylic acid groups (broad SMARTS) is 1. The van der Waals surface area contributed by atoms with Crippen molar-refractivity contribution < 1.29 is 14.6 Å². The molecule has 0 amide bonds. The van der Waals surface area contributed by atoms with Crippen LogP contribution in [0.5, 0.6) is 5.88 Å². The first-order chi connectivity index (χ1) is 8.06. The molecule has 0 aliphatic rings. The van der Waals surface area contributed by atoms with Crippen LogP contribution in [0.3, 0.4) is 0 Å². The number of ether oxygens (including phenoxy) is 1. The average molecular weight is 238 g/mol. The monoisotopic (exact) mass is 238 g/mol. The number of hydrogen-bond acceptors (Lipinski definition) is 4. The van der Waals surface area contributed by atoms with E-state index in [1.54, 1.807) is 19.4 Å². The Morgan fingerprint density at radius 2 is 2.29 bits per heavy atom. The fourth-order valence-corrected chi connectivity index (χ4v) is 1.57. The highest BCUT2D eigenvalue weighted by Gasteiger charge is 2.20. The van der Waals surface area contributed by atoms with Gasteiger partial charge >= 0.3 is 5.97 Å². The van der Waals surface area contributed by atoms with E-state index < -0.39 is 12.0 Å². The number of aliphatic carboxylic acids is 1. The number of carboxylic acids is 1. The molecule has 94 valence electrons. The third-order valence-corrected chi connectivity index (χ3v) is 2.49. The molecular formula is C12H18N2O3. The maximum Gasteiger partial charge on any atom is 0.320 e. The molecule has 1 unspecified atom stereocenters. The van der Waals surface area contributed by atoms with E-state index in [9.17, 15) is 4.79 Å². The Morgan fingerprint density at radius 3 is 2.82 bits per heavy atom. The lowest BCUT2D eigenvalue weighted by atomic mass is 10.0. The van der Waals surface area contributed by atoms with E-state index in [1.807, 2.05) is 19.9 Å². The standard InChI is InChI=1S/C12H18N2O3/c1-8(2)10(12(15)16)14-7-9-5-4-6-13-11(9)17-3/h4-6,8,10,14H,7H2,1-3H3,(H,15,16). The van der Waals surface area contributed by atoms with E-state index >= 15 is 0 Å². The van der Waals surface area contributed by atoms with E-state index in [1.165, 1.54) is 0 Å². The van der Waals surface area contributed by atoms with Crippen LogP contribution in [0.25, 0.3) is 0 Å². The number of rotatable bonds is 6. The summed E-state index contributed by atoms with van der Waals surface area (Å²) in [7, 11) is 1.54. The van der Waals surface area contributed by atoms with Gasteiger partial charge in [-0.1, -0.05) is 19.9 Å². The topological polar surface area (TPSA) is 71.5 Å². The van der Waals surface area contributed by atoms with Crippen molar-refractivity contribution in [1.29, 1.82) is 0 Å². The molecule has 0 radical (unpaired) electrons. The summed E-state index contributed by atoms with van der Waals surface area (Å²) in [6.45, 7) is 4.16. The fourth-order valence-electron chi connectivity index (χ4n) is 1.57. The lowest BCUT2D eigenvalue weighted by Gasteiger charge is -2.18. The Balaban J connectivity index is 2.68. The molecule has 1 aromatic rings. The maximum atomic E-state index is 11.0. The van der Waals surface area contributed by atoms with Gasteiger partial charge in [-0.05, 0) is 12.0 Å². The predicted octanol–water partition coefficient (Wildman–Crippen LogP) is 1.29. The van der Waals surface area contributed by atoms with Gasteiger partial charge < -0.3 is 9.84 Å². The van der Waals surface area contributed by atoms with Crippen molar-refractivity contribution in [3.63, 3.8) is 0 Å². The Labute approximate surface area is 101 Å². The number of aromatic nitrogens is 1. The van der Waals surface area contributed by atoms with Crippen LogP contribution in [0.15, 0.2) is 18.3 Å². The average Bonchev–Trinajstić information content (AvgIpc) is 2.29. The molecule has 1 aromatic heterocycles. The van der Waals surface area contributed by atoms with E-state index in [2.05, 4.69) is 10.3 Å². The first-order valence-corrected chi connectivity index (χ1v) is 5.50. The molecule has 0 aliphatic carbocycles. The summed E-state index contributed by atoms with van der Waals surface area (Å²) in [5.41, 5.74) is 0.849. The van der Waals surface area contributed by atoms with Crippen molar-refractivity contribution in [1.82, 2.24) is 10.3 Å². The zero-order chi connectivity index (χ0) is 12.8. The molecule has 1 atom stereocenters. The Hall–Kier alpha value is -1.62. The quantitative estimate of drug-likeness (QED) is 0.781. The molecular weight excluding hydrogens is 220 g/mol. The number of nitrogens with zero attached hydrogens (tertiary/aromatic N) is 1. The zero-order valence-corrected chi connectivity index (χ0v) is 10.3.